The van der Waals surface area contributed by atoms with Gasteiger partial charge in [0.2, 0.25) is 0 Å². The number of thioether (sulfide) groups is 1. The number of H-pyrrole nitrogens is 1. The maximum Gasteiger partial charge on any atom is 0.328 e. The molecule has 1 atom stereocenters. The third kappa shape index (κ3) is 1.85. The third-order valence-electron chi connectivity index (χ3n) is 1.94. The fourth-order valence-corrected chi connectivity index (χ4v) is 1.68. The standard InChI is InChI=1S/C8H10N2O2S/c1-5-2-7(11)10(8(12)9-5)3-6-4-13-6/h2,6H,3-4H2,1H3,(H,9,12). The largest absolute Gasteiger partial charge is 0.328 e. The first kappa shape index (κ1) is 8.62. The van der Waals surface area contributed by atoms with Crippen molar-refractivity contribution in [1.82, 2.24) is 9.55 Å². The molecule has 1 aliphatic rings. The van der Waals surface area contributed by atoms with Crippen LogP contribution >= 0.6 is 11.8 Å². The number of hydrogen-bond donors (Lipinski definition) is 1. The minimum atomic E-state index is -0.294. The minimum Gasteiger partial charge on any atom is -0.311 e. The molecule has 1 aromatic rings. The maximum atomic E-state index is 11.4. The Kier molecular flexibility index (Phi) is 2.03. The molecular formula is C8H10N2O2S. The number of hydrogen-bond acceptors (Lipinski definition) is 3. The van der Waals surface area contributed by atoms with E-state index in [2.05, 4.69) is 4.98 Å². The zero-order chi connectivity index (χ0) is 9.42. The molecule has 2 heterocycles. The summed E-state index contributed by atoms with van der Waals surface area (Å²) in [6.45, 7) is 2.25. The third-order valence-corrected chi connectivity index (χ3v) is 2.90. The minimum absolute atomic E-state index is 0.200. The van der Waals surface area contributed by atoms with Crippen molar-refractivity contribution in [3.05, 3.63) is 32.6 Å². The van der Waals surface area contributed by atoms with Gasteiger partial charge < -0.3 is 4.98 Å². The lowest BCUT2D eigenvalue weighted by molar-refractivity contribution is 0.642. The Morgan fingerprint density at radius 2 is 2.38 bits per heavy atom. The fourth-order valence-electron chi connectivity index (χ4n) is 1.19. The molecule has 1 aromatic heterocycles. The molecule has 4 nitrogen and oxygen atoms in total. The lowest BCUT2D eigenvalue weighted by atomic mass is 10.4. The second kappa shape index (κ2) is 3.06. The van der Waals surface area contributed by atoms with Crippen molar-refractivity contribution in [2.45, 2.75) is 18.7 Å². The van der Waals surface area contributed by atoms with Crippen LogP contribution in [0, 0.1) is 6.92 Å². The maximum absolute atomic E-state index is 11.4. The van der Waals surface area contributed by atoms with E-state index in [1.807, 2.05) is 0 Å². The highest BCUT2D eigenvalue weighted by atomic mass is 32.2. The molecule has 0 bridgehead atoms. The highest BCUT2D eigenvalue weighted by Gasteiger charge is 2.23. The number of nitrogens with one attached hydrogen (secondary N) is 1. The van der Waals surface area contributed by atoms with Gasteiger partial charge in [0.1, 0.15) is 0 Å². The van der Waals surface area contributed by atoms with E-state index in [4.69, 9.17) is 0 Å². The summed E-state index contributed by atoms with van der Waals surface area (Å²) in [5.74, 6) is 1.06. The highest BCUT2D eigenvalue weighted by Crippen LogP contribution is 2.30. The molecule has 0 amide bonds. The Bertz CT molecular complexity index is 399. The lowest BCUT2D eigenvalue weighted by Crippen LogP contribution is -2.36. The van der Waals surface area contributed by atoms with Gasteiger partial charge in [-0.25, -0.2) is 4.79 Å². The van der Waals surface area contributed by atoms with Crippen molar-refractivity contribution in [3.8, 4) is 0 Å². The van der Waals surface area contributed by atoms with Crippen LogP contribution in [0.1, 0.15) is 5.69 Å². The van der Waals surface area contributed by atoms with Crippen LogP contribution in [0.15, 0.2) is 15.7 Å². The van der Waals surface area contributed by atoms with E-state index in [1.54, 1.807) is 18.7 Å². The van der Waals surface area contributed by atoms with Gasteiger partial charge in [-0.3, -0.25) is 9.36 Å². The van der Waals surface area contributed by atoms with E-state index >= 15 is 0 Å². The summed E-state index contributed by atoms with van der Waals surface area (Å²) in [7, 11) is 0. The molecule has 0 aliphatic carbocycles. The van der Waals surface area contributed by atoms with Gasteiger partial charge in [-0.15, -0.1) is 0 Å². The summed E-state index contributed by atoms with van der Waals surface area (Å²) in [4.78, 5) is 25.3. The van der Waals surface area contributed by atoms with Gasteiger partial charge in [0, 0.05) is 29.3 Å². The van der Waals surface area contributed by atoms with Crippen LogP contribution in [0.5, 0.6) is 0 Å². The Morgan fingerprint density at radius 3 is 2.92 bits per heavy atom. The van der Waals surface area contributed by atoms with E-state index in [0.29, 0.717) is 17.5 Å². The first-order chi connectivity index (χ1) is 6.16. The van der Waals surface area contributed by atoms with Gasteiger partial charge in [-0.05, 0) is 6.92 Å². The molecule has 1 saturated heterocycles. The van der Waals surface area contributed by atoms with Gasteiger partial charge in [0.15, 0.2) is 0 Å². The van der Waals surface area contributed by atoms with Crippen LogP contribution in [-0.2, 0) is 6.54 Å². The molecule has 5 heteroatoms. The quantitative estimate of drug-likeness (QED) is 0.678. The molecule has 0 aromatic carbocycles. The Balaban J connectivity index is 2.43. The molecule has 0 saturated carbocycles. The zero-order valence-corrected chi connectivity index (χ0v) is 8.06. The molecule has 1 unspecified atom stereocenters. The second-order valence-corrected chi connectivity index (χ2v) is 4.50. The molecule has 70 valence electrons. The van der Waals surface area contributed by atoms with Crippen molar-refractivity contribution in [2.24, 2.45) is 0 Å². The smallest absolute Gasteiger partial charge is 0.311 e. The van der Waals surface area contributed by atoms with Crippen LogP contribution in [0.25, 0.3) is 0 Å². The summed E-state index contributed by atoms with van der Waals surface area (Å²) in [5.41, 5.74) is 0.126. The van der Waals surface area contributed by atoms with Gasteiger partial charge in [-0.1, -0.05) is 0 Å². The van der Waals surface area contributed by atoms with Gasteiger partial charge in [0.05, 0.1) is 0 Å². The van der Waals surface area contributed by atoms with E-state index in [0.717, 1.165) is 5.75 Å². The van der Waals surface area contributed by atoms with Crippen molar-refractivity contribution in [1.29, 1.82) is 0 Å². The van der Waals surface area contributed by atoms with E-state index in [1.165, 1.54) is 10.6 Å². The van der Waals surface area contributed by atoms with E-state index < -0.39 is 0 Å². The number of aryl methyl sites for hydroxylation is 1. The zero-order valence-electron chi connectivity index (χ0n) is 7.24. The molecule has 1 aliphatic heterocycles. The molecule has 1 N–H and O–H groups in total. The first-order valence-electron chi connectivity index (χ1n) is 4.09. The predicted octanol–water partition coefficient (Wildman–Crippen LogP) is -0.0396. The van der Waals surface area contributed by atoms with Crippen molar-refractivity contribution < 1.29 is 0 Å². The Labute approximate surface area is 79.0 Å². The summed E-state index contributed by atoms with van der Waals surface area (Å²) in [6.07, 6.45) is 0. The molecule has 1 fully saturated rings. The molecular weight excluding hydrogens is 188 g/mol. The van der Waals surface area contributed by atoms with Crippen molar-refractivity contribution >= 4 is 11.8 Å². The molecule has 13 heavy (non-hydrogen) atoms. The van der Waals surface area contributed by atoms with Crippen molar-refractivity contribution in [2.75, 3.05) is 5.75 Å². The SMILES string of the molecule is Cc1cc(=O)n(CC2CS2)c(=O)[nH]1. The summed E-state index contributed by atoms with van der Waals surface area (Å²) >= 11 is 1.77. The van der Waals surface area contributed by atoms with Crippen LogP contribution in [0.3, 0.4) is 0 Å². The average molecular weight is 198 g/mol. The monoisotopic (exact) mass is 198 g/mol. The topological polar surface area (TPSA) is 54.9 Å². The average Bonchev–Trinajstić information content (AvgIpc) is 2.79. The summed E-state index contributed by atoms with van der Waals surface area (Å²) in [6, 6.07) is 1.45. The van der Waals surface area contributed by atoms with E-state index in [-0.39, 0.29) is 11.2 Å². The molecule has 2 rings (SSSR count). The second-order valence-electron chi connectivity index (χ2n) is 3.16. The highest BCUT2D eigenvalue weighted by molar-refractivity contribution is 8.06. The van der Waals surface area contributed by atoms with Crippen molar-refractivity contribution in [3.63, 3.8) is 0 Å². The predicted molar refractivity (Wildman–Crippen MR) is 52.3 cm³/mol. The Hall–Kier alpha value is -0.970. The molecule has 0 radical (unpaired) electrons. The number of rotatable bonds is 2. The normalized spacial score (nSPS) is 20.2. The van der Waals surface area contributed by atoms with Crippen LogP contribution in [0.4, 0.5) is 0 Å². The summed E-state index contributed by atoms with van der Waals surface area (Å²) in [5, 5.41) is 0.460. The van der Waals surface area contributed by atoms with Crippen LogP contribution < -0.4 is 11.2 Å². The Morgan fingerprint density at radius 1 is 1.69 bits per heavy atom. The summed E-state index contributed by atoms with van der Waals surface area (Å²) < 4.78 is 1.26. The van der Waals surface area contributed by atoms with Gasteiger partial charge in [0.25, 0.3) is 5.56 Å². The van der Waals surface area contributed by atoms with Gasteiger partial charge >= 0.3 is 5.69 Å². The number of aromatic amines is 1. The first-order valence-corrected chi connectivity index (χ1v) is 5.14. The lowest BCUT2D eigenvalue weighted by Gasteiger charge is -2.01. The fraction of sp³-hybridized carbons (Fsp3) is 0.500. The number of aromatic nitrogens is 2. The molecule has 0 spiro atoms. The van der Waals surface area contributed by atoms with Gasteiger partial charge in [-0.2, -0.15) is 11.8 Å². The van der Waals surface area contributed by atoms with Crippen LogP contribution in [0.2, 0.25) is 0 Å². The number of nitrogens with zero attached hydrogens (tertiary/aromatic N) is 1. The van der Waals surface area contributed by atoms with E-state index in [9.17, 15) is 9.59 Å². The van der Waals surface area contributed by atoms with Crippen LogP contribution in [-0.4, -0.2) is 20.6 Å².